The Hall–Kier alpha value is -2.45. The summed E-state index contributed by atoms with van der Waals surface area (Å²) >= 11 is 1.71. The standard InChI is InChI=1S/C24H34N4O3S/c1-4-18(3)22(26-24(30)31-16-19-9-7-6-8-10-19)23(29)28-13-11-27(12-14-28)15-20-17-32-21(5-2)25-20/h6-10,17-18,22H,4-5,11-16H2,1-3H3,(H,26,30)/t18-,22-/m0/s1. The Labute approximate surface area is 194 Å². The number of carbonyl (C=O) groups is 2. The van der Waals surface area contributed by atoms with Crippen molar-refractivity contribution in [3.05, 3.63) is 52.0 Å². The van der Waals surface area contributed by atoms with Gasteiger partial charge in [0, 0.05) is 38.1 Å². The first kappa shape index (κ1) is 24.2. The van der Waals surface area contributed by atoms with Crippen molar-refractivity contribution in [2.45, 2.75) is 52.8 Å². The average Bonchev–Trinajstić information content (AvgIpc) is 3.29. The van der Waals surface area contributed by atoms with E-state index in [0.717, 1.165) is 48.7 Å². The quantitative estimate of drug-likeness (QED) is 0.620. The van der Waals surface area contributed by atoms with Crippen molar-refractivity contribution in [1.82, 2.24) is 20.1 Å². The van der Waals surface area contributed by atoms with Crippen LogP contribution in [-0.4, -0.2) is 59.0 Å². The molecule has 1 saturated heterocycles. The van der Waals surface area contributed by atoms with Crippen molar-refractivity contribution < 1.29 is 14.3 Å². The normalized spacial score (nSPS) is 16.4. The Morgan fingerprint density at radius 1 is 1.16 bits per heavy atom. The first-order chi connectivity index (χ1) is 15.5. The number of aryl methyl sites for hydroxylation is 1. The molecule has 1 fully saturated rings. The van der Waals surface area contributed by atoms with E-state index in [4.69, 9.17) is 4.74 Å². The van der Waals surface area contributed by atoms with Gasteiger partial charge < -0.3 is 15.0 Å². The summed E-state index contributed by atoms with van der Waals surface area (Å²) in [5, 5.41) is 6.11. The summed E-state index contributed by atoms with van der Waals surface area (Å²) in [5.74, 6) is -0.00938. The molecule has 1 N–H and O–H groups in total. The number of aromatic nitrogens is 1. The third kappa shape index (κ3) is 6.77. The Kier molecular flexibility index (Phi) is 9.05. The number of benzene rings is 1. The third-order valence-corrected chi connectivity index (χ3v) is 6.98. The van der Waals surface area contributed by atoms with E-state index in [1.54, 1.807) is 11.3 Å². The maximum Gasteiger partial charge on any atom is 0.408 e. The number of nitrogens with zero attached hydrogens (tertiary/aromatic N) is 3. The van der Waals surface area contributed by atoms with Gasteiger partial charge >= 0.3 is 6.09 Å². The highest BCUT2D eigenvalue weighted by Crippen LogP contribution is 2.16. The number of thiazole rings is 1. The topological polar surface area (TPSA) is 74.8 Å². The summed E-state index contributed by atoms with van der Waals surface area (Å²) in [6.07, 6.45) is 1.20. The van der Waals surface area contributed by atoms with E-state index in [1.807, 2.05) is 49.1 Å². The van der Waals surface area contributed by atoms with Crippen LogP contribution in [0.2, 0.25) is 0 Å². The number of hydrogen-bond acceptors (Lipinski definition) is 6. The van der Waals surface area contributed by atoms with Gasteiger partial charge in [-0.15, -0.1) is 11.3 Å². The molecule has 174 valence electrons. The highest BCUT2D eigenvalue weighted by molar-refractivity contribution is 7.09. The highest BCUT2D eigenvalue weighted by Gasteiger charge is 2.32. The molecule has 0 saturated carbocycles. The summed E-state index contributed by atoms with van der Waals surface area (Å²) in [4.78, 5) is 34.5. The number of nitrogens with one attached hydrogen (secondary N) is 1. The fourth-order valence-corrected chi connectivity index (χ4v) is 4.45. The second-order valence-electron chi connectivity index (χ2n) is 8.26. The van der Waals surface area contributed by atoms with Crippen molar-refractivity contribution in [2.24, 2.45) is 5.92 Å². The largest absolute Gasteiger partial charge is 0.445 e. The van der Waals surface area contributed by atoms with Crippen LogP contribution in [0.4, 0.5) is 4.79 Å². The van der Waals surface area contributed by atoms with Crippen LogP contribution in [0.1, 0.15) is 43.5 Å². The molecule has 2 amide bonds. The number of hydrogen-bond donors (Lipinski definition) is 1. The number of piperazine rings is 1. The first-order valence-corrected chi connectivity index (χ1v) is 12.3. The molecule has 1 aromatic carbocycles. The lowest BCUT2D eigenvalue weighted by molar-refractivity contribution is -0.136. The summed E-state index contributed by atoms with van der Waals surface area (Å²) in [5.41, 5.74) is 2.02. The van der Waals surface area contributed by atoms with E-state index < -0.39 is 12.1 Å². The molecule has 2 atom stereocenters. The monoisotopic (exact) mass is 458 g/mol. The number of amides is 2. The molecule has 0 bridgehead atoms. The molecule has 2 heterocycles. The summed E-state index contributed by atoms with van der Waals surface area (Å²) in [6.45, 7) is 10.0. The van der Waals surface area contributed by atoms with Crippen LogP contribution in [0.25, 0.3) is 0 Å². The molecule has 3 rings (SSSR count). The minimum absolute atomic E-state index is 0.0206. The highest BCUT2D eigenvalue weighted by atomic mass is 32.1. The van der Waals surface area contributed by atoms with Gasteiger partial charge in [0.05, 0.1) is 10.7 Å². The van der Waals surface area contributed by atoms with E-state index >= 15 is 0 Å². The van der Waals surface area contributed by atoms with Gasteiger partial charge in [-0.2, -0.15) is 0 Å². The van der Waals surface area contributed by atoms with Gasteiger partial charge in [0.15, 0.2) is 0 Å². The van der Waals surface area contributed by atoms with Gasteiger partial charge in [-0.1, -0.05) is 57.5 Å². The molecule has 8 heteroatoms. The first-order valence-electron chi connectivity index (χ1n) is 11.4. The number of carbonyl (C=O) groups excluding carboxylic acids is 2. The van der Waals surface area contributed by atoms with Crippen molar-refractivity contribution in [1.29, 1.82) is 0 Å². The number of rotatable bonds is 9. The Bertz CT molecular complexity index is 865. The molecule has 2 aromatic rings. The Balaban J connectivity index is 1.51. The van der Waals surface area contributed by atoms with Crippen molar-refractivity contribution >= 4 is 23.3 Å². The zero-order valence-corrected chi connectivity index (χ0v) is 20.1. The van der Waals surface area contributed by atoms with Crippen LogP contribution < -0.4 is 5.32 Å². The van der Waals surface area contributed by atoms with Crippen LogP contribution in [0.5, 0.6) is 0 Å². The van der Waals surface area contributed by atoms with Crippen LogP contribution in [0.15, 0.2) is 35.7 Å². The summed E-state index contributed by atoms with van der Waals surface area (Å²) < 4.78 is 5.35. The van der Waals surface area contributed by atoms with E-state index in [1.165, 1.54) is 0 Å². The fourth-order valence-electron chi connectivity index (χ4n) is 3.71. The SMILES string of the molecule is CCc1nc(CN2CCN(C(=O)[C@@H](NC(=O)OCc3ccccc3)[C@@H](C)CC)CC2)cs1. The van der Waals surface area contributed by atoms with E-state index in [2.05, 4.69) is 27.5 Å². The predicted octanol–water partition coefficient (Wildman–Crippen LogP) is 3.69. The minimum Gasteiger partial charge on any atom is -0.445 e. The fraction of sp³-hybridized carbons (Fsp3) is 0.542. The van der Waals surface area contributed by atoms with Crippen LogP contribution in [0, 0.1) is 5.92 Å². The van der Waals surface area contributed by atoms with Gasteiger partial charge in [0.1, 0.15) is 12.6 Å². The lowest BCUT2D eigenvalue weighted by Crippen LogP contribution is -2.56. The summed E-state index contributed by atoms with van der Waals surface area (Å²) in [6, 6.07) is 8.94. The van der Waals surface area contributed by atoms with Gasteiger partial charge in [0.25, 0.3) is 0 Å². The molecule has 7 nitrogen and oxygen atoms in total. The van der Waals surface area contributed by atoms with Crippen LogP contribution >= 0.6 is 11.3 Å². The molecule has 0 aliphatic carbocycles. The lowest BCUT2D eigenvalue weighted by Gasteiger charge is -2.37. The third-order valence-electron chi connectivity index (χ3n) is 5.94. The zero-order chi connectivity index (χ0) is 22.9. The lowest BCUT2D eigenvalue weighted by atomic mass is 9.97. The van der Waals surface area contributed by atoms with Crippen molar-refractivity contribution in [3.63, 3.8) is 0 Å². The van der Waals surface area contributed by atoms with Crippen molar-refractivity contribution in [2.75, 3.05) is 26.2 Å². The average molecular weight is 459 g/mol. The molecular weight excluding hydrogens is 424 g/mol. The van der Waals surface area contributed by atoms with Crippen LogP contribution in [0.3, 0.4) is 0 Å². The molecule has 0 spiro atoms. The number of ether oxygens (including phenoxy) is 1. The molecule has 32 heavy (non-hydrogen) atoms. The van der Waals surface area contributed by atoms with Crippen molar-refractivity contribution in [3.8, 4) is 0 Å². The Morgan fingerprint density at radius 3 is 2.50 bits per heavy atom. The van der Waals surface area contributed by atoms with Gasteiger partial charge in [0.2, 0.25) is 5.91 Å². The van der Waals surface area contributed by atoms with E-state index in [-0.39, 0.29) is 18.4 Å². The van der Waals surface area contributed by atoms with E-state index in [9.17, 15) is 9.59 Å². The zero-order valence-electron chi connectivity index (χ0n) is 19.3. The van der Waals surface area contributed by atoms with Gasteiger partial charge in [-0.25, -0.2) is 9.78 Å². The molecule has 0 radical (unpaired) electrons. The second kappa shape index (κ2) is 12.0. The molecule has 1 aliphatic heterocycles. The maximum absolute atomic E-state index is 13.2. The second-order valence-corrected chi connectivity index (χ2v) is 9.20. The smallest absolute Gasteiger partial charge is 0.408 e. The molecule has 1 aromatic heterocycles. The number of alkyl carbamates (subject to hydrolysis) is 1. The summed E-state index contributed by atoms with van der Waals surface area (Å²) in [7, 11) is 0. The molecule has 1 aliphatic rings. The maximum atomic E-state index is 13.2. The molecule has 0 unspecified atom stereocenters. The minimum atomic E-state index is -0.583. The van der Waals surface area contributed by atoms with Gasteiger partial charge in [-0.3, -0.25) is 9.69 Å². The predicted molar refractivity (Wildman–Crippen MR) is 126 cm³/mol. The van der Waals surface area contributed by atoms with Gasteiger partial charge in [-0.05, 0) is 17.9 Å². The molecular formula is C24H34N4O3S. The Morgan fingerprint density at radius 2 is 1.88 bits per heavy atom. The van der Waals surface area contributed by atoms with Crippen LogP contribution in [-0.2, 0) is 29.1 Å². The van der Waals surface area contributed by atoms with E-state index in [0.29, 0.717) is 13.1 Å².